The van der Waals surface area contributed by atoms with Crippen LogP contribution in [0.2, 0.25) is 0 Å². The Morgan fingerprint density at radius 1 is 0.808 bits per heavy atom. The van der Waals surface area contributed by atoms with Crippen molar-refractivity contribution >= 4 is 45.0 Å². The van der Waals surface area contributed by atoms with Crippen molar-refractivity contribution in [1.29, 1.82) is 0 Å². The van der Waals surface area contributed by atoms with Crippen LogP contribution >= 0.6 is 0 Å². The molecule has 0 bridgehead atoms. The molecule has 0 saturated carbocycles. The first-order valence-corrected chi connectivity index (χ1v) is 8.32. The van der Waals surface area contributed by atoms with Crippen molar-refractivity contribution in [2.75, 3.05) is 0 Å². The molecule has 1 aliphatic carbocycles. The van der Waals surface area contributed by atoms with Crippen LogP contribution in [0.1, 0.15) is 11.1 Å². The zero-order chi connectivity index (χ0) is 16.4. The monoisotopic (exact) mass is 511 g/mol. The van der Waals surface area contributed by atoms with Gasteiger partial charge in [-0.15, -0.1) is 23.8 Å². The summed E-state index contributed by atoms with van der Waals surface area (Å²) in [5, 5.41) is 3.47. The minimum Gasteiger partial charge on any atom is -0.500 e. The Balaban J connectivity index is 0.00000150. The molecular weight excluding hydrogens is 498 g/mol. The smallest absolute Gasteiger partial charge is 0.120 e. The van der Waals surface area contributed by atoms with E-state index >= 15 is 0 Å². The largest absolute Gasteiger partial charge is 0.500 e. The van der Waals surface area contributed by atoms with E-state index < -0.39 is 0 Å². The molecule has 0 aliphatic heterocycles. The molecule has 0 fully saturated rings. The molecule has 5 aromatic rings. The summed E-state index contributed by atoms with van der Waals surface area (Å²) in [5.41, 5.74) is 7.19. The third-order valence-corrected chi connectivity index (χ3v) is 4.92. The van der Waals surface area contributed by atoms with E-state index in [0.717, 1.165) is 38.7 Å². The van der Waals surface area contributed by atoms with E-state index in [9.17, 15) is 0 Å². The Kier molecular flexibility index (Phi) is 3.36. The zero-order valence-electron chi connectivity index (χ0n) is 13.6. The maximum Gasteiger partial charge on any atom is 0.120 e. The van der Waals surface area contributed by atoms with E-state index in [1.807, 2.05) is 24.3 Å². The van der Waals surface area contributed by atoms with Crippen LogP contribution in [0.15, 0.2) is 65.1 Å². The van der Waals surface area contributed by atoms with Gasteiger partial charge < -0.3 is 4.42 Å². The molecule has 26 heavy (non-hydrogen) atoms. The van der Waals surface area contributed by atoms with Gasteiger partial charge >= 0.3 is 0 Å². The average molecular weight is 511 g/mol. The number of nitrogens with zero attached hydrogens (tertiary/aromatic N) is 1. The Bertz CT molecular complexity index is 1350. The van der Waals surface area contributed by atoms with Gasteiger partial charge in [0.05, 0.1) is 11.1 Å². The molecule has 3 heteroatoms. The van der Waals surface area contributed by atoms with Crippen LogP contribution in [0.25, 0.3) is 56.3 Å². The summed E-state index contributed by atoms with van der Waals surface area (Å²) in [6.07, 6.45) is 4.31. The fourth-order valence-electron chi connectivity index (χ4n) is 3.75. The fourth-order valence-corrected chi connectivity index (χ4v) is 3.75. The number of aromatic nitrogens is 1. The molecule has 2 nitrogen and oxygen atoms in total. The first-order valence-electron chi connectivity index (χ1n) is 8.32. The van der Waals surface area contributed by atoms with Crippen molar-refractivity contribution in [3.8, 4) is 11.3 Å². The van der Waals surface area contributed by atoms with Crippen molar-refractivity contribution in [2.45, 2.75) is 0 Å². The quantitative estimate of drug-likeness (QED) is 0.251. The second-order valence-electron chi connectivity index (χ2n) is 6.39. The summed E-state index contributed by atoms with van der Waals surface area (Å²) in [6, 6.07) is 23.9. The normalized spacial score (nSPS) is 12.2. The molecule has 0 saturated heterocycles. The summed E-state index contributed by atoms with van der Waals surface area (Å²) in [6.45, 7) is 0. The second kappa shape index (κ2) is 5.63. The van der Waals surface area contributed by atoms with Crippen LogP contribution < -0.4 is 0 Å². The van der Waals surface area contributed by atoms with Gasteiger partial charge in [0.15, 0.2) is 0 Å². The van der Waals surface area contributed by atoms with Gasteiger partial charge in [-0.3, -0.25) is 4.98 Å². The van der Waals surface area contributed by atoms with Crippen LogP contribution in [-0.4, -0.2) is 4.98 Å². The molecule has 0 spiro atoms. The van der Waals surface area contributed by atoms with Crippen LogP contribution in [0.5, 0.6) is 0 Å². The molecule has 0 amide bonds. The molecule has 0 N–H and O–H groups in total. The van der Waals surface area contributed by atoms with Gasteiger partial charge in [-0.25, -0.2) is 0 Å². The summed E-state index contributed by atoms with van der Waals surface area (Å²) >= 11 is 0. The molecule has 3 aromatic carbocycles. The number of benzene rings is 3. The number of rotatable bonds is 1. The average Bonchev–Trinajstić information content (AvgIpc) is 3.24. The predicted molar refractivity (Wildman–Crippen MR) is 102 cm³/mol. The van der Waals surface area contributed by atoms with Gasteiger partial charge in [0, 0.05) is 30.9 Å². The summed E-state index contributed by atoms with van der Waals surface area (Å²) in [4.78, 5) is 4.88. The first kappa shape index (κ1) is 15.5. The Labute approximate surface area is 163 Å². The van der Waals surface area contributed by atoms with Crippen molar-refractivity contribution in [3.05, 3.63) is 77.9 Å². The van der Waals surface area contributed by atoms with E-state index in [1.165, 1.54) is 16.5 Å². The van der Waals surface area contributed by atoms with Crippen LogP contribution in [0, 0.1) is 6.07 Å². The fraction of sp³-hybridized carbons (Fsp3) is 0. The third kappa shape index (κ3) is 2.11. The first-order chi connectivity index (χ1) is 12.4. The molecule has 125 valence electrons. The van der Waals surface area contributed by atoms with E-state index in [2.05, 4.69) is 54.6 Å². The standard InChI is InChI=1S/C23H12NO.Ir/c1-2-7-21-17(5-1)18-12-15(10-11-22(18)25-21)20-13-16-9-8-14-4-3-6-19(24-20)23(14)16;/h1-9,11-13H;/q-1;. The maximum absolute atomic E-state index is 5.90. The van der Waals surface area contributed by atoms with E-state index in [1.54, 1.807) is 0 Å². The van der Waals surface area contributed by atoms with Gasteiger partial charge in [0.25, 0.3) is 0 Å². The Morgan fingerprint density at radius 2 is 1.69 bits per heavy atom. The third-order valence-electron chi connectivity index (χ3n) is 4.92. The van der Waals surface area contributed by atoms with E-state index in [4.69, 9.17) is 9.40 Å². The molecule has 0 unspecified atom stereocenters. The van der Waals surface area contributed by atoms with Crippen LogP contribution in [0.3, 0.4) is 0 Å². The molecule has 2 heterocycles. The zero-order valence-corrected chi connectivity index (χ0v) is 16.0. The van der Waals surface area contributed by atoms with Gasteiger partial charge in [-0.2, -0.15) is 0 Å². The van der Waals surface area contributed by atoms with Crippen molar-refractivity contribution in [1.82, 2.24) is 4.98 Å². The summed E-state index contributed by atoms with van der Waals surface area (Å²) in [7, 11) is 0. The molecule has 1 radical (unpaired) electrons. The molecule has 1 aliphatic rings. The van der Waals surface area contributed by atoms with Crippen molar-refractivity contribution in [2.24, 2.45) is 0 Å². The molecule has 0 atom stereocenters. The number of fused-ring (bicyclic) bond motifs is 3. The molecule has 6 rings (SSSR count). The predicted octanol–water partition coefficient (Wildman–Crippen LogP) is 6.08. The number of hydrogen-bond acceptors (Lipinski definition) is 2. The SMILES string of the molecule is [Ir].[c-]1cc2oc3ccccc3c2cc1-c1cc2c3c(cccc3n1)C=C2. The minimum absolute atomic E-state index is 0. The number of furan rings is 1. The van der Waals surface area contributed by atoms with Crippen molar-refractivity contribution in [3.63, 3.8) is 0 Å². The van der Waals surface area contributed by atoms with Gasteiger partial charge in [0.2, 0.25) is 0 Å². The van der Waals surface area contributed by atoms with Crippen LogP contribution in [-0.2, 0) is 20.1 Å². The molecule has 2 aromatic heterocycles. The Hall–Kier alpha value is -2.74. The minimum atomic E-state index is 0. The summed E-state index contributed by atoms with van der Waals surface area (Å²) in [5.74, 6) is 0. The number of hydrogen-bond donors (Lipinski definition) is 0. The van der Waals surface area contributed by atoms with Crippen LogP contribution in [0.4, 0.5) is 0 Å². The summed E-state index contributed by atoms with van der Waals surface area (Å²) < 4.78 is 5.90. The van der Waals surface area contributed by atoms with Gasteiger partial charge in [-0.1, -0.05) is 53.9 Å². The molecular formula is C23H12IrNO-. The van der Waals surface area contributed by atoms with Gasteiger partial charge in [-0.05, 0) is 29.0 Å². The maximum atomic E-state index is 5.90. The number of para-hydroxylation sites is 1. The van der Waals surface area contributed by atoms with E-state index in [0.29, 0.717) is 0 Å². The second-order valence-corrected chi connectivity index (χ2v) is 6.39. The van der Waals surface area contributed by atoms with E-state index in [-0.39, 0.29) is 20.1 Å². The van der Waals surface area contributed by atoms with Gasteiger partial charge in [0.1, 0.15) is 5.58 Å². The Morgan fingerprint density at radius 3 is 2.65 bits per heavy atom. The number of pyridine rings is 1. The topological polar surface area (TPSA) is 26.0 Å². The van der Waals surface area contributed by atoms with Crippen molar-refractivity contribution < 1.29 is 24.5 Å².